The van der Waals surface area contributed by atoms with Crippen LogP contribution in [0.15, 0.2) is 12.8 Å². The van der Waals surface area contributed by atoms with E-state index in [1.165, 1.54) is 6.20 Å². The predicted octanol–water partition coefficient (Wildman–Crippen LogP) is 0.0830. The summed E-state index contributed by atoms with van der Waals surface area (Å²) in [6.45, 7) is 6.26. The Morgan fingerprint density at radius 3 is 2.69 bits per heavy atom. The molecular formula is C7H12NO4S-. The van der Waals surface area contributed by atoms with Crippen LogP contribution in [-0.4, -0.2) is 21.3 Å². The Balaban J connectivity index is 4.12. The number of hydrogen-bond donors (Lipinski definition) is 1. The first-order valence-electron chi connectivity index (χ1n) is 3.54. The van der Waals surface area contributed by atoms with E-state index in [9.17, 15) is 13.6 Å². The molecule has 76 valence electrons. The molecule has 1 N–H and O–H groups in total. The third-order valence-corrected chi connectivity index (χ3v) is 1.67. The van der Waals surface area contributed by atoms with Crippen molar-refractivity contribution >= 4 is 17.3 Å². The lowest BCUT2D eigenvalue weighted by Gasteiger charge is -2.22. The van der Waals surface area contributed by atoms with E-state index >= 15 is 0 Å². The average molecular weight is 206 g/mol. The van der Waals surface area contributed by atoms with Crippen LogP contribution in [0.25, 0.3) is 0 Å². The highest BCUT2D eigenvalue weighted by molar-refractivity contribution is 7.74. The Morgan fingerprint density at radius 2 is 2.31 bits per heavy atom. The summed E-state index contributed by atoms with van der Waals surface area (Å²) in [6, 6.07) is 0. The minimum atomic E-state index is -2.59. The molecule has 0 aromatic rings. The van der Waals surface area contributed by atoms with Gasteiger partial charge < -0.3 is 9.87 Å². The molecule has 5 nitrogen and oxygen atoms in total. The van der Waals surface area contributed by atoms with E-state index in [4.69, 9.17) is 0 Å². The maximum Gasteiger partial charge on any atom is 0.231 e. The smallest absolute Gasteiger partial charge is 0.231 e. The van der Waals surface area contributed by atoms with E-state index in [0.29, 0.717) is 0 Å². The van der Waals surface area contributed by atoms with Crippen molar-refractivity contribution in [2.24, 2.45) is 5.41 Å². The van der Waals surface area contributed by atoms with Gasteiger partial charge in [0.15, 0.2) is 0 Å². The Hall–Kier alpha value is -0.720. The molecule has 6 heteroatoms. The van der Waals surface area contributed by atoms with Crippen LogP contribution in [0.3, 0.4) is 0 Å². The van der Waals surface area contributed by atoms with E-state index in [2.05, 4.69) is 16.1 Å². The van der Waals surface area contributed by atoms with E-state index in [1.807, 2.05) is 0 Å². The third-order valence-electron chi connectivity index (χ3n) is 1.36. The van der Waals surface area contributed by atoms with Gasteiger partial charge in [0.05, 0.1) is 23.4 Å². The van der Waals surface area contributed by atoms with Crippen LogP contribution in [-0.2, 0) is 20.3 Å². The van der Waals surface area contributed by atoms with Gasteiger partial charge in [-0.1, -0.05) is 6.58 Å². The molecule has 0 bridgehead atoms. The summed E-state index contributed by atoms with van der Waals surface area (Å²) >= 11 is -2.59. The van der Waals surface area contributed by atoms with Gasteiger partial charge in [0.25, 0.3) is 0 Å². The lowest BCUT2D eigenvalue weighted by atomic mass is 9.94. The van der Waals surface area contributed by atoms with Gasteiger partial charge in [-0.05, 0) is 20.0 Å². The molecule has 0 saturated carbocycles. The van der Waals surface area contributed by atoms with Crippen LogP contribution in [0.5, 0.6) is 0 Å². The number of rotatable bonds is 5. The minimum absolute atomic E-state index is 0.192. The topological polar surface area (TPSA) is 78.5 Å². The molecule has 0 aromatic heterocycles. The largest absolute Gasteiger partial charge is 0.750 e. The normalized spacial score (nSPS) is 13.5. The maximum atomic E-state index is 11.2. The zero-order valence-electron chi connectivity index (χ0n) is 7.53. The second-order valence-electron chi connectivity index (χ2n) is 3.03. The summed E-state index contributed by atoms with van der Waals surface area (Å²) in [4.78, 5) is 11.2. The maximum absolute atomic E-state index is 11.2. The molecular weight excluding hydrogens is 194 g/mol. The summed E-state index contributed by atoms with van der Waals surface area (Å²) in [7, 11) is 0. The second kappa shape index (κ2) is 5.11. The van der Waals surface area contributed by atoms with E-state index in [-0.39, 0.29) is 12.5 Å². The van der Waals surface area contributed by atoms with Gasteiger partial charge in [0.2, 0.25) is 5.91 Å². The highest BCUT2D eigenvalue weighted by atomic mass is 32.2. The fraction of sp³-hybridized carbons (Fsp3) is 0.571. The van der Waals surface area contributed by atoms with Gasteiger partial charge in [0.1, 0.15) is 0 Å². The molecule has 0 rings (SSSR count). The molecule has 1 amide bonds. The predicted molar refractivity (Wildman–Crippen MR) is 47.0 cm³/mol. The van der Waals surface area contributed by atoms with Gasteiger partial charge in [0, 0.05) is 0 Å². The minimum Gasteiger partial charge on any atom is -0.750 e. The van der Waals surface area contributed by atoms with Gasteiger partial charge in [-0.3, -0.25) is 8.98 Å². The van der Waals surface area contributed by atoms with Crippen LogP contribution < -0.4 is 5.32 Å². The van der Waals surface area contributed by atoms with Crippen molar-refractivity contribution in [3.8, 4) is 0 Å². The molecule has 0 radical (unpaired) electrons. The number of carbonyl (C=O) groups is 1. The molecule has 0 aliphatic heterocycles. The number of carbonyl (C=O) groups excluding carboxylic acids is 1. The van der Waals surface area contributed by atoms with Gasteiger partial charge in [-0.15, -0.1) is 0 Å². The molecule has 0 spiro atoms. The molecule has 0 aromatic carbocycles. The molecule has 0 fully saturated rings. The molecule has 0 aliphatic carbocycles. The van der Waals surface area contributed by atoms with Crippen molar-refractivity contribution in [2.45, 2.75) is 13.8 Å². The lowest BCUT2D eigenvalue weighted by Crippen LogP contribution is -2.37. The molecule has 0 heterocycles. The third kappa shape index (κ3) is 4.76. The van der Waals surface area contributed by atoms with Crippen molar-refractivity contribution < 1.29 is 17.7 Å². The quantitative estimate of drug-likeness (QED) is 0.646. The summed E-state index contributed by atoms with van der Waals surface area (Å²) in [5.41, 5.74) is -0.895. The van der Waals surface area contributed by atoms with E-state index in [1.54, 1.807) is 13.8 Å². The summed E-state index contributed by atoms with van der Waals surface area (Å²) in [5, 5.41) is 2.35. The van der Waals surface area contributed by atoms with Crippen molar-refractivity contribution in [3.05, 3.63) is 12.8 Å². The molecule has 13 heavy (non-hydrogen) atoms. The molecule has 0 saturated heterocycles. The van der Waals surface area contributed by atoms with Gasteiger partial charge >= 0.3 is 0 Å². The summed E-state index contributed by atoms with van der Waals surface area (Å²) in [6.07, 6.45) is 1.23. The zero-order chi connectivity index (χ0) is 10.5. The van der Waals surface area contributed by atoms with Crippen LogP contribution >= 0.6 is 0 Å². The van der Waals surface area contributed by atoms with Crippen molar-refractivity contribution in [1.82, 2.24) is 5.32 Å². The molecule has 1 unspecified atom stereocenters. The van der Waals surface area contributed by atoms with Gasteiger partial charge in [-0.2, -0.15) is 0 Å². The Labute approximate surface area is 79.7 Å². The first-order chi connectivity index (χ1) is 5.90. The number of amides is 1. The van der Waals surface area contributed by atoms with Crippen LogP contribution in [0, 0.1) is 5.41 Å². The average Bonchev–Trinajstić information content (AvgIpc) is 2.01. The van der Waals surface area contributed by atoms with Crippen LogP contribution in [0.4, 0.5) is 0 Å². The Bertz CT molecular complexity index is 227. The van der Waals surface area contributed by atoms with Crippen molar-refractivity contribution in [1.29, 1.82) is 0 Å². The molecule has 0 aliphatic rings. The van der Waals surface area contributed by atoms with Crippen LogP contribution in [0.2, 0.25) is 0 Å². The highest BCUT2D eigenvalue weighted by Crippen LogP contribution is 2.15. The summed E-state index contributed by atoms with van der Waals surface area (Å²) < 4.78 is 24.4. The molecule has 1 atom stereocenters. The monoisotopic (exact) mass is 206 g/mol. The number of nitrogens with one attached hydrogen (secondary N) is 1. The Morgan fingerprint density at radius 1 is 1.77 bits per heavy atom. The fourth-order valence-electron chi connectivity index (χ4n) is 0.549. The van der Waals surface area contributed by atoms with Crippen molar-refractivity contribution in [3.63, 3.8) is 0 Å². The standard InChI is InChI=1S/C7H13NO4S/c1-4-8-6(9)7(2,3)5-12-13(10)11/h4H,1,5H2,2-3H3,(H,8,9)(H,10,11)/p-1. The van der Waals surface area contributed by atoms with Gasteiger partial charge in [-0.25, -0.2) is 4.21 Å². The van der Waals surface area contributed by atoms with E-state index in [0.717, 1.165) is 0 Å². The zero-order valence-corrected chi connectivity index (χ0v) is 8.35. The summed E-state index contributed by atoms with van der Waals surface area (Å²) in [5.74, 6) is -0.340. The fourth-order valence-corrected chi connectivity index (χ4v) is 0.940. The second-order valence-corrected chi connectivity index (χ2v) is 3.67. The highest BCUT2D eigenvalue weighted by Gasteiger charge is 2.27. The first kappa shape index (κ1) is 12.3. The van der Waals surface area contributed by atoms with Crippen LogP contribution in [0.1, 0.15) is 13.8 Å². The SMILES string of the molecule is C=CNC(=O)C(C)(C)COS(=O)[O-]. The Kier molecular flexibility index (Phi) is 4.82. The van der Waals surface area contributed by atoms with E-state index < -0.39 is 16.8 Å². The van der Waals surface area contributed by atoms with Crippen molar-refractivity contribution in [2.75, 3.05) is 6.61 Å². The number of hydrogen-bond acceptors (Lipinski definition) is 4. The first-order valence-corrected chi connectivity index (χ1v) is 4.54. The lowest BCUT2D eigenvalue weighted by molar-refractivity contribution is -0.129.